The Kier molecular flexibility index (Phi) is 3.64. The standard InChI is InChI=1S/C21H21NO3/c1-12(2)16-9-17(20(24)15-7-8-18(23)19(15)16)21(25)22-10-13-5-3-4-6-14(13)11-22/h3-6,9,12,24H,7-8,10-11H2,1-2H3. The molecule has 0 radical (unpaired) electrons. The number of hydrogen-bond donors (Lipinski definition) is 1. The lowest BCUT2D eigenvalue weighted by atomic mass is 9.90. The van der Waals surface area contributed by atoms with Crippen LogP contribution in [0.25, 0.3) is 0 Å². The quantitative estimate of drug-likeness (QED) is 0.908. The molecule has 25 heavy (non-hydrogen) atoms. The molecule has 0 fully saturated rings. The van der Waals surface area contributed by atoms with Gasteiger partial charge in [-0.15, -0.1) is 0 Å². The zero-order valence-electron chi connectivity index (χ0n) is 14.5. The molecule has 128 valence electrons. The van der Waals surface area contributed by atoms with Crippen molar-refractivity contribution in [2.24, 2.45) is 0 Å². The van der Waals surface area contributed by atoms with Gasteiger partial charge in [-0.2, -0.15) is 0 Å². The van der Waals surface area contributed by atoms with Gasteiger partial charge in [0.05, 0.1) is 5.56 Å². The monoisotopic (exact) mass is 335 g/mol. The van der Waals surface area contributed by atoms with Gasteiger partial charge in [0.2, 0.25) is 0 Å². The number of ketones is 1. The lowest BCUT2D eigenvalue weighted by molar-refractivity contribution is 0.0747. The lowest BCUT2D eigenvalue weighted by Gasteiger charge is -2.20. The summed E-state index contributed by atoms with van der Waals surface area (Å²) in [6, 6.07) is 9.74. The van der Waals surface area contributed by atoms with Gasteiger partial charge < -0.3 is 10.0 Å². The second-order valence-electron chi connectivity index (χ2n) is 7.22. The molecule has 0 saturated heterocycles. The van der Waals surface area contributed by atoms with Gasteiger partial charge in [0.15, 0.2) is 5.78 Å². The Balaban J connectivity index is 1.75. The van der Waals surface area contributed by atoms with Crippen LogP contribution >= 0.6 is 0 Å². The summed E-state index contributed by atoms with van der Waals surface area (Å²) in [6.45, 7) is 5.14. The number of phenolic OH excluding ortho intramolecular Hbond substituents is 1. The van der Waals surface area contributed by atoms with Crippen molar-refractivity contribution in [3.05, 3.63) is 63.7 Å². The number of rotatable bonds is 2. The molecule has 1 aliphatic heterocycles. The van der Waals surface area contributed by atoms with Crippen LogP contribution in [0.1, 0.15) is 69.2 Å². The smallest absolute Gasteiger partial charge is 0.258 e. The number of hydrogen-bond acceptors (Lipinski definition) is 3. The number of Topliss-reactive ketones (excluding diaryl/α,β-unsaturated/α-hetero) is 1. The van der Waals surface area contributed by atoms with Crippen LogP contribution in [0.3, 0.4) is 0 Å². The summed E-state index contributed by atoms with van der Waals surface area (Å²) in [4.78, 5) is 27.1. The van der Waals surface area contributed by atoms with Crippen LogP contribution in [-0.4, -0.2) is 21.7 Å². The van der Waals surface area contributed by atoms with Crippen LogP contribution in [-0.2, 0) is 19.5 Å². The predicted molar refractivity (Wildman–Crippen MR) is 94.9 cm³/mol. The SMILES string of the molecule is CC(C)c1cc(C(=O)N2Cc3ccccc3C2)c(O)c2c1C(=O)CC2. The molecule has 0 aromatic heterocycles. The van der Waals surface area contributed by atoms with Crippen molar-refractivity contribution in [1.82, 2.24) is 4.90 Å². The maximum Gasteiger partial charge on any atom is 0.258 e. The third-order valence-corrected chi connectivity index (χ3v) is 5.29. The number of carbonyl (C=O) groups excluding carboxylic acids is 2. The fourth-order valence-electron chi connectivity index (χ4n) is 3.95. The topological polar surface area (TPSA) is 57.6 Å². The van der Waals surface area contributed by atoms with Gasteiger partial charge in [-0.25, -0.2) is 0 Å². The van der Waals surface area contributed by atoms with E-state index in [2.05, 4.69) is 0 Å². The molecule has 0 saturated carbocycles. The minimum atomic E-state index is -0.169. The van der Waals surface area contributed by atoms with E-state index < -0.39 is 0 Å². The Morgan fingerprint density at radius 2 is 1.76 bits per heavy atom. The van der Waals surface area contributed by atoms with E-state index in [1.165, 1.54) is 0 Å². The minimum Gasteiger partial charge on any atom is -0.507 e. The number of amides is 1. The highest BCUT2D eigenvalue weighted by atomic mass is 16.3. The Morgan fingerprint density at radius 1 is 1.12 bits per heavy atom. The molecule has 1 N–H and O–H groups in total. The average molecular weight is 335 g/mol. The maximum absolute atomic E-state index is 13.1. The molecule has 4 nitrogen and oxygen atoms in total. The Hall–Kier alpha value is -2.62. The highest BCUT2D eigenvalue weighted by Crippen LogP contribution is 2.39. The summed E-state index contributed by atoms with van der Waals surface area (Å²) in [6.07, 6.45) is 0.927. The summed E-state index contributed by atoms with van der Waals surface area (Å²) in [5.41, 5.74) is 4.77. The lowest BCUT2D eigenvalue weighted by Crippen LogP contribution is -2.26. The minimum absolute atomic E-state index is 0.00814. The van der Waals surface area contributed by atoms with E-state index in [1.54, 1.807) is 11.0 Å². The van der Waals surface area contributed by atoms with Crippen molar-refractivity contribution in [2.45, 2.75) is 45.7 Å². The molecule has 1 amide bonds. The van der Waals surface area contributed by atoms with Crippen LogP contribution in [0.5, 0.6) is 5.75 Å². The third-order valence-electron chi connectivity index (χ3n) is 5.29. The van der Waals surface area contributed by atoms with Gasteiger partial charge in [0.1, 0.15) is 5.75 Å². The number of carbonyl (C=O) groups is 2. The Labute approximate surface area is 147 Å². The molecule has 4 heteroatoms. The van der Waals surface area contributed by atoms with E-state index in [0.29, 0.717) is 42.6 Å². The molecule has 0 bridgehead atoms. The van der Waals surface area contributed by atoms with Crippen LogP contribution in [0, 0.1) is 0 Å². The molecule has 1 heterocycles. The second-order valence-corrected chi connectivity index (χ2v) is 7.22. The van der Waals surface area contributed by atoms with Gasteiger partial charge in [0.25, 0.3) is 5.91 Å². The fraction of sp³-hybridized carbons (Fsp3) is 0.333. The molecule has 2 aromatic carbocycles. The number of aromatic hydroxyl groups is 1. The first-order valence-corrected chi connectivity index (χ1v) is 8.75. The molecule has 1 aliphatic carbocycles. The first kappa shape index (κ1) is 15.9. The Bertz CT molecular complexity index is 873. The summed E-state index contributed by atoms with van der Waals surface area (Å²) in [5, 5.41) is 10.7. The van der Waals surface area contributed by atoms with Gasteiger partial charge >= 0.3 is 0 Å². The van der Waals surface area contributed by atoms with E-state index in [0.717, 1.165) is 16.7 Å². The van der Waals surface area contributed by atoms with E-state index in [-0.39, 0.29) is 23.4 Å². The molecule has 0 unspecified atom stereocenters. The fourth-order valence-corrected chi connectivity index (χ4v) is 3.95. The summed E-state index contributed by atoms with van der Waals surface area (Å²) in [5.74, 6) is 0.0178. The summed E-state index contributed by atoms with van der Waals surface area (Å²) >= 11 is 0. The predicted octanol–water partition coefficient (Wildman–Crippen LogP) is 3.80. The van der Waals surface area contributed by atoms with Gasteiger partial charge in [0, 0.05) is 30.6 Å². The van der Waals surface area contributed by atoms with Crippen molar-refractivity contribution >= 4 is 11.7 Å². The summed E-state index contributed by atoms with van der Waals surface area (Å²) < 4.78 is 0. The van der Waals surface area contributed by atoms with Gasteiger partial charge in [-0.1, -0.05) is 38.1 Å². The third kappa shape index (κ3) is 2.44. The molecule has 0 atom stereocenters. The number of phenols is 1. The van der Waals surface area contributed by atoms with E-state index in [4.69, 9.17) is 0 Å². The van der Waals surface area contributed by atoms with Crippen molar-refractivity contribution in [3.8, 4) is 5.75 Å². The Morgan fingerprint density at radius 3 is 2.36 bits per heavy atom. The zero-order chi connectivity index (χ0) is 17.7. The largest absolute Gasteiger partial charge is 0.507 e. The van der Waals surface area contributed by atoms with Crippen LogP contribution in [0.4, 0.5) is 0 Å². The van der Waals surface area contributed by atoms with Gasteiger partial charge in [-0.3, -0.25) is 9.59 Å². The molecule has 2 aliphatic rings. The second kappa shape index (κ2) is 5.73. The van der Waals surface area contributed by atoms with Gasteiger partial charge in [-0.05, 0) is 35.1 Å². The van der Waals surface area contributed by atoms with Crippen LogP contribution in [0.15, 0.2) is 30.3 Å². The van der Waals surface area contributed by atoms with Crippen LogP contribution in [0.2, 0.25) is 0 Å². The number of benzene rings is 2. The van der Waals surface area contributed by atoms with E-state index >= 15 is 0 Å². The molecular formula is C21H21NO3. The summed E-state index contributed by atoms with van der Waals surface area (Å²) in [7, 11) is 0. The first-order valence-electron chi connectivity index (χ1n) is 8.75. The van der Waals surface area contributed by atoms with Crippen LogP contribution < -0.4 is 0 Å². The number of nitrogens with zero attached hydrogens (tertiary/aromatic N) is 1. The molecule has 2 aromatic rings. The van der Waals surface area contributed by atoms with Crippen molar-refractivity contribution in [3.63, 3.8) is 0 Å². The molecular weight excluding hydrogens is 314 g/mol. The van der Waals surface area contributed by atoms with E-state index in [9.17, 15) is 14.7 Å². The first-order chi connectivity index (χ1) is 12.0. The van der Waals surface area contributed by atoms with Crippen molar-refractivity contribution < 1.29 is 14.7 Å². The van der Waals surface area contributed by atoms with Crippen molar-refractivity contribution in [1.29, 1.82) is 0 Å². The zero-order valence-corrected chi connectivity index (χ0v) is 14.5. The highest BCUT2D eigenvalue weighted by Gasteiger charge is 2.33. The average Bonchev–Trinajstić information content (AvgIpc) is 3.19. The molecule has 4 rings (SSSR count). The normalized spacial score (nSPS) is 15.6. The van der Waals surface area contributed by atoms with Crippen molar-refractivity contribution in [2.75, 3.05) is 0 Å². The highest BCUT2D eigenvalue weighted by molar-refractivity contribution is 6.06. The molecule has 0 spiro atoms. The van der Waals surface area contributed by atoms with E-state index in [1.807, 2.05) is 38.1 Å². The maximum atomic E-state index is 13.1. The number of fused-ring (bicyclic) bond motifs is 2.